The number of halogens is 1. The molecular formula is C16H13FN2O3S. The van der Waals surface area contributed by atoms with E-state index in [9.17, 15) is 14.0 Å². The molecule has 1 aromatic carbocycles. The van der Waals surface area contributed by atoms with E-state index in [0.29, 0.717) is 16.3 Å². The highest BCUT2D eigenvalue weighted by Crippen LogP contribution is 2.30. The predicted octanol–water partition coefficient (Wildman–Crippen LogP) is 2.93. The summed E-state index contributed by atoms with van der Waals surface area (Å²) in [4.78, 5) is 28.0. The molecule has 0 bridgehead atoms. The number of aromatic nitrogens is 1. The maximum Gasteiger partial charge on any atom is 0.341 e. The molecule has 0 unspecified atom stereocenters. The van der Waals surface area contributed by atoms with Crippen molar-refractivity contribution in [2.75, 3.05) is 11.1 Å². The van der Waals surface area contributed by atoms with E-state index < -0.39 is 5.97 Å². The fraction of sp³-hybridized carbons (Fsp3) is 0.188. The van der Waals surface area contributed by atoms with Crippen LogP contribution in [-0.4, -0.2) is 22.6 Å². The summed E-state index contributed by atoms with van der Waals surface area (Å²) in [7, 11) is 0. The number of carbonyl (C=O) groups is 2. The van der Waals surface area contributed by atoms with Crippen molar-refractivity contribution < 1.29 is 18.7 Å². The predicted molar refractivity (Wildman–Crippen MR) is 83.8 cm³/mol. The lowest BCUT2D eigenvalue weighted by Gasteiger charge is -2.07. The topological polar surface area (TPSA) is 68.3 Å². The number of ether oxygens (including phenoxy) is 1. The van der Waals surface area contributed by atoms with Gasteiger partial charge in [0, 0.05) is 16.9 Å². The van der Waals surface area contributed by atoms with Crippen molar-refractivity contribution in [1.29, 1.82) is 0 Å². The van der Waals surface area contributed by atoms with Gasteiger partial charge in [0.2, 0.25) is 5.91 Å². The number of thioether (sulfide) groups is 1. The summed E-state index contributed by atoms with van der Waals surface area (Å²) in [5.41, 5.74) is 2.52. The maximum atomic E-state index is 12.8. The Labute approximate surface area is 136 Å². The van der Waals surface area contributed by atoms with Crippen LogP contribution in [0.5, 0.6) is 0 Å². The number of nitrogens with one attached hydrogen (secondary N) is 1. The van der Waals surface area contributed by atoms with Gasteiger partial charge in [-0.25, -0.2) is 14.2 Å². The summed E-state index contributed by atoms with van der Waals surface area (Å²) in [5.74, 6) is -0.942. The number of nitrogens with zero attached hydrogens (tertiary/aromatic N) is 1. The SMILES string of the molecule is Cc1cc2c(c(SCC(=O)Nc3ccc(F)cc3)n1)C(=O)OC2. The highest BCUT2D eigenvalue weighted by Gasteiger charge is 2.26. The number of esters is 1. The molecule has 23 heavy (non-hydrogen) atoms. The number of cyclic esters (lactones) is 1. The largest absolute Gasteiger partial charge is 0.457 e. The Morgan fingerprint density at radius 1 is 1.39 bits per heavy atom. The molecule has 0 radical (unpaired) electrons. The summed E-state index contributed by atoms with van der Waals surface area (Å²) in [6, 6.07) is 7.32. The average Bonchev–Trinajstić information content (AvgIpc) is 2.88. The van der Waals surface area contributed by atoms with Crippen LogP contribution in [0.1, 0.15) is 21.6 Å². The minimum atomic E-state index is -0.408. The molecule has 118 valence electrons. The van der Waals surface area contributed by atoms with Gasteiger partial charge in [-0.2, -0.15) is 0 Å². The third-order valence-corrected chi connectivity index (χ3v) is 4.20. The van der Waals surface area contributed by atoms with Gasteiger partial charge in [0.1, 0.15) is 17.5 Å². The zero-order chi connectivity index (χ0) is 16.4. The zero-order valence-electron chi connectivity index (χ0n) is 12.3. The van der Waals surface area contributed by atoms with Crippen LogP contribution >= 0.6 is 11.8 Å². The number of hydrogen-bond acceptors (Lipinski definition) is 5. The van der Waals surface area contributed by atoms with Gasteiger partial charge in [-0.05, 0) is 37.3 Å². The lowest BCUT2D eigenvalue weighted by molar-refractivity contribution is -0.113. The van der Waals surface area contributed by atoms with Crippen LogP contribution in [0.4, 0.5) is 10.1 Å². The fourth-order valence-electron chi connectivity index (χ4n) is 2.23. The van der Waals surface area contributed by atoms with E-state index in [1.807, 2.05) is 13.0 Å². The van der Waals surface area contributed by atoms with Crippen LogP contribution < -0.4 is 5.32 Å². The van der Waals surface area contributed by atoms with Gasteiger partial charge in [-0.15, -0.1) is 0 Å². The molecule has 5 nitrogen and oxygen atoms in total. The van der Waals surface area contributed by atoms with Crippen molar-refractivity contribution in [2.45, 2.75) is 18.6 Å². The number of amides is 1. The molecule has 0 fully saturated rings. The Morgan fingerprint density at radius 3 is 2.87 bits per heavy atom. The Balaban J connectivity index is 1.68. The van der Waals surface area contributed by atoms with Gasteiger partial charge in [0.15, 0.2) is 0 Å². The minimum absolute atomic E-state index is 0.0908. The highest BCUT2D eigenvalue weighted by molar-refractivity contribution is 8.00. The van der Waals surface area contributed by atoms with Crippen molar-refractivity contribution in [3.63, 3.8) is 0 Å². The van der Waals surface area contributed by atoms with Crippen molar-refractivity contribution in [3.8, 4) is 0 Å². The van der Waals surface area contributed by atoms with Gasteiger partial charge in [0.05, 0.1) is 11.3 Å². The first-order chi connectivity index (χ1) is 11.0. The van der Waals surface area contributed by atoms with E-state index in [-0.39, 0.29) is 24.1 Å². The highest BCUT2D eigenvalue weighted by atomic mass is 32.2. The lowest BCUT2D eigenvalue weighted by Crippen LogP contribution is -2.14. The van der Waals surface area contributed by atoms with Crippen molar-refractivity contribution in [1.82, 2.24) is 4.98 Å². The van der Waals surface area contributed by atoms with E-state index >= 15 is 0 Å². The van der Waals surface area contributed by atoms with E-state index in [1.54, 1.807) is 0 Å². The number of hydrogen-bond donors (Lipinski definition) is 1. The van der Waals surface area contributed by atoms with Crippen LogP contribution in [-0.2, 0) is 16.1 Å². The smallest absolute Gasteiger partial charge is 0.341 e. The van der Waals surface area contributed by atoms with Gasteiger partial charge < -0.3 is 10.1 Å². The first kappa shape index (κ1) is 15.5. The molecule has 0 saturated heterocycles. The lowest BCUT2D eigenvalue weighted by atomic mass is 10.1. The summed E-state index contributed by atoms with van der Waals surface area (Å²) in [6.45, 7) is 2.07. The third kappa shape index (κ3) is 3.50. The molecule has 0 spiro atoms. The number of rotatable bonds is 4. The van der Waals surface area contributed by atoms with E-state index in [1.165, 1.54) is 36.0 Å². The molecule has 1 aromatic heterocycles. The molecule has 1 N–H and O–H groups in total. The molecule has 3 rings (SSSR count). The molecule has 2 aromatic rings. The molecular weight excluding hydrogens is 319 g/mol. The van der Waals surface area contributed by atoms with Crippen LogP contribution in [0.2, 0.25) is 0 Å². The van der Waals surface area contributed by atoms with Crippen molar-refractivity contribution in [3.05, 3.63) is 53.0 Å². The second kappa shape index (κ2) is 6.37. The molecule has 1 aliphatic rings. The van der Waals surface area contributed by atoms with Gasteiger partial charge >= 0.3 is 5.97 Å². The average molecular weight is 332 g/mol. The quantitative estimate of drug-likeness (QED) is 0.689. The number of carbonyl (C=O) groups excluding carboxylic acids is 2. The second-order valence-electron chi connectivity index (χ2n) is 5.02. The molecule has 0 saturated carbocycles. The third-order valence-electron chi connectivity index (χ3n) is 3.23. The summed E-state index contributed by atoms with van der Waals surface area (Å²) < 4.78 is 17.8. The number of benzene rings is 1. The molecule has 2 heterocycles. The minimum Gasteiger partial charge on any atom is -0.457 e. The van der Waals surface area contributed by atoms with Crippen LogP contribution in [0, 0.1) is 12.7 Å². The molecule has 1 aliphatic heterocycles. The number of anilines is 1. The van der Waals surface area contributed by atoms with Crippen LogP contribution in [0.15, 0.2) is 35.4 Å². The summed E-state index contributed by atoms with van der Waals surface area (Å²) in [5, 5.41) is 3.16. The standard InChI is InChI=1S/C16H13FN2O3S/c1-9-6-10-7-22-16(21)14(10)15(18-9)23-8-13(20)19-12-4-2-11(17)3-5-12/h2-6H,7-8H2,1H3,(H,19,20). The monoisotopic (exact) mass is 332 g/mol. The van der Waals surface area contributed by atoms with Crippen LogP contribution in [0.3, 0.4) is 0 Å². The fourth-order valence-corrected chi connectivity index (χ4v) is 3.13. The Bertz CT molecular complexity index is 778. The van der Waals surface area contributed by atoms with E-state index in [2.05, 4.69) is 10.3 Å². The Kier molecular flexibility index (Phi) is 4.29. The maximum absolute atomic E-state index is 12.8. The molecule has 0 atom stereocenters. The van der Waals surface area contributed by atoms with E-state index in [0.717, 1.165) is 11.3 Å². The molecule has 1 amide bonds. The van der Waals surface area contributed by atoms with Gasteiger partial charge in [-0.3, -0.25) is 4.79 Å². The first-order valence-electron chi connectivity index (χ1n) is 6.89. The zero-order valence-corrected chi connectivity index (χ0v) is 13.1. The number of aryl methyl sites for hydroxylation is 1. The second-order valence-corrected chi connectivity index (χ2v) is 5.99. The van der Waals surface area contributed by atoms with E-state index in [4.69, 9.17) is 4.74 Å². The van der Waals surface area contributed by atoms with Crippen molar-refractivity contribution >= 4 is 29.3 Å². The summed E-state index contributed by atoms with van der Waals surface area (Å²) in [6.07, 6.45) is 0. The normalized spacial score (nSPS) is 12.7. The summed E-state index contributed by atoms with van der Waals surface area (Å²) >= 11 is 1.18. The van der Waals surface area contributed by atoms with Gasteiger partial charge in [-0.1, -0.05) is 11.8 Å². The number of pyridine rings is 1. The van der Waals surface area contributed by atoms with Gasteiger partial charge in [0.25, 0.3) is 0 Å². The van der Waals surface area contributed by atoms with Crippen molar-refractivity contribution in [2.24, 2.45) is 0 Å². The number of fused-ring (bicyclic) bond motifs is 1. The molecule has 0 aliphatic carbocycles. The Hall–Kier alpha value is -2.41. The molecule has 7 heteroatoms. The first-order valence-corrected chi connectivity index (χ1v) is 7.87. The van der Waals surface area contributed by atoms with Crippen LogP contribution in [0.25, 0.3) is 0 Å². The Morgan fingerprint density at radius 2 is 2.13 bits per heavy atom.